The van der Waals surface area contributed by atoms with Crippen molar-refractivity contribution >= 4 is 17.5 Å². The van der Waals surface area contributed by atoms with Gasteiger partial charge in [0, 0.05) is 13.2 Å². The fraction of sp³-hybridized carbons (Fsp3) is 0.474. The Hall–Kier alpha value is -1.85. The summed E-state index contributed by atoms with van der Waals surface area (Å²) in [6, 6.07) is 7.54. The molecule has 1 amide bonds. The average Bonchev–Trinajstić information content (AvgIpc) is 3.20. The van der Waals surface area contributed by atoms with E-state index >= 15 is 0 Å². The van der Waals surface area contributed by atoms with Gasteiger partial charge in [0.2, 0.25) is 0 Å². The van der Waals surface area contributed by atoms with Crippen LogP contribution in [0.1, 0.15) is 54.4 Å². The summed E-state index contributed by atoms with van der Waals surface area (Å²) < 4.78 is 7.38. The number of benzene rings is 1. The smallest absolute Gasteiger partial charge is 0.255 e. The van der Waals surface area contributed by atoms with Gasteiger partial charge in [-0.1, -0.05) is 37.6 Å². The molecule has 0 spiro atoms. The first-order valence-electron chi connectivity index (χ1n) is 8.73. The van der Waals surface area contributed by atoms with Gasteiger partial charge < -0.3 is 10.1 Å². The van der Waals surface area contributed by atoms with Crippen molar-refractivity contribution in [2.75, 3.05) is 13.2 Å². The van der Waals surface area contributed by atoms with Crippen LogP contribution in [0.3, 0.4) is 0 Å². The molecule has 1 aliphatic heterocycles. The minimum atomic E-state index is -0.102. The molecule has 0 saturated carbocycles. The van der Waals surface area contributed by atoms with Crippen molar-refractivity contribution in [1.82, 2.24) is 15.1 Å². The molecule has 1 atom stereocenters. The molecule has 6 heteroatoms. The van der Waals surface area contributed by atoms with Crippen LogP contribution in [0.15, 0.2) is 24.3 Å². The van der Waals surface area contributed by atoms with Gasteiger partial charge >= 0.3 is 0 Å². The summed E-state index contributed by atoms with van der Waals surface area (Å²) in [6.07, 6.45) is 2.17. The van der Waals surface area contributed by atoms with Crippen molar-refractivity contribution in [2.45, 2.75) is 45.6 Å². The highest BCUT2D eigenvalue weighted by Crippen LogP contribution is 2.29. The molecule has 1 aromatic heterocycles. The van der Waals surface area contributed by atoms with Crippen LogP contribution in [0.5, 0.6) is 0 Å². The highest BCUT2D eigenvalue weighted by Gasteiger charge is 2.26. The number of rotatable bonds is 5. The number of carbonyl (C=O) groups excluding carboxylic acids is 1. The maximum absolute atomic E-state index is 12.8. The molecule has 2 aromatic rings. The molecule has 0 radical (unpaired) electrons. The number of aryl methyl sites for hydroxylation is 1. The first-order chi connectivity index (χ1) is 12.0. The Labute approximate surface area is 153 Å². The largest absolute Gasteiger partial charge is 0.376 e. The van der Waals surface area contributed by atoms with Crippen LogP contribution in [-0.2, 0) is 4.74 Å². The zero-order valence-electron chi connectivity index (χ0n) is 14.9. The molecule has 1 aliphatic rings. The number of nitrogens with one attached hydrogen (secondary N) is 1. The van der Waals surface area contributed by atoms with Crippen LogP contribution in [0.2, 0.25) is 5.02 Å². The number of amides is 1. The standard InChI is InChI=1S/C19H24ClN3O2/c1-12(2)18-17(19(24)21-11-14-7-6-10-25-14)13(3)22-23(18)16-9-5-4-8-15(16)20/h4-5,8-9,12,14H,6-7,10-11H2,1-3H3,(H,21,24)/t14-/m0/s1. The van der Waals surface area contributed by atoms with Crippen LogP contribution in [-0.4, -0.2) is 34.9 Å². The Morgan fingerprint density at radius 3 is 2.84 bits per heavy atom. The topological polar surface area (TPSA) is 56.2 Å². The highest BCUT2D eigenvalue weighted by atomic mass is 35.5. The average molecular weight is 362 g/mol. The molecular weight excluding hydrogens is 338 g/mol. The maximum atomic E-state index is 12.8. The monoisotopic (exact) mass is 361 g/mol. The van der Waals surface area contributed by atoms with Crippen molar-refractivity contribution in [3.63, 3.8) is 0 Å². The lowest BCUT2D eigenvalue weighted by atomic mass is 10.0. The fourth-order valence-corrected chi connectivity index (χ4v) is 3.48. The third kappa shape index (κ3) is 3.72. The number of para-hydroxylation sites is 1. The number of nitrogens with zero attached hydrogens (tertiary/aromatic N) is 2. The number of carbonyl (C=O) groups is 1. The van der Waals surface area contributed by atoms with E-state index in [0.29, 0.717) is 22.8 Å². The zero-order chi connectivity index (χ0) is 18.0. The van der Waals surface area contributed by atoms with Crippen LogP contribution in [0, 0.1) is 6.92 Å². The first kappa shape index (κ1) is 18.0. The Balaban J connectivity index is 1.93. The lowest BCUT2D eigenvalue weighted by Gasteiger charge is -2.15. The second-order valence-corrected chi connectivity index (χ2v) is 7.12. The molecular formula is C19H24ClN3O2. The number of hydrogen-bond acceptors (Lipinski definition) is 3. The summed E-state index contributed by atoms with van der Waals surface area (Å²) in [5.41, 5.74) is 2.99. The normalized spacial score (nSPS) is 17.2. The van der Waals surface area contributed by atoms with E-state index < -0.39 is 0 Å². The number of hydrogen-bond donors (Lipinski definition) is 1. The SMILES string of the molecule is Cc1nn(-c2ccccc2Cl)c(C(C)C)c1C(=O)NC[C@@H]1CCCO1. The Morgan fingerprint density at radius 1 is 1.44 bits per heavy atom. The second-order valence-electron chi connectivity index (χ2n) is 6.71. The highest BCUT2D eigenvalue weighted by molar-refractivity contribution is 6.32. The van der Waals surface area contributed by atoms with Gasteiger partial charge in [0.15, 0.2) is 0 Å². The predicted molar refractivity (Wildman–Crippen MR) is 98.7 cm³/mol. The Morgan fingerprint density at radius 2 is 2.20 bits per heavy atom. The third-order valence-corrected chi connectivity index (χ3v) is 4.78. The first-order valence-corrected chi connectivity index (χ1v) is 9.11. The van der Waals surface area contributed by atoms with Crippen molar-refractivity contribution in [3.05, 3.63) is 46.2 Å². The van der Waals surface area contributed by atoms with E-state index in [1.807, 2.05) is 31.2 Å². The summed E-state index contributed by atoms with van der Waals surface area (Å²) in [6.45, 7) is 7.29. The lowest BCUT2D eigenvalue weighted by molar-refractivity contribution is 0.0856. The maximum Gasteiger partial charge on any atom is 0.255 e. The molecule has 0 aliphatic carbocycles. The molecule has 25 heavy (non-hydrogen) atoms. The van der Waals surface area contributed by atoms with Crippen LogP contribution < -0.4 is 5.32 Å². The van der Waals surface area contributed by atoms with Crippen molar-refractivity contribution in [3.8, 4) is 5.69 Å². The number of aromatic nitrogens is 2. The fourth-order valence-electron chi connectivity index (χ4n) is 3.27. The summed E-state index contributed by atoms with van der Waals surface area (Å²) in [7, 11) is 0. The zero-order valence-corrected chi connectivity index (χ0v) is 15.6. The molecule has 1 fully saturated rings. The second kappa shape index (κ2) is 7.58. The van der Waals surface area contributed by atoms with E-state index in [4.69, 9.17) is 16.3 Å². The van der Waals surface area contributed by atoms with E-state index in [2.05, 4.69) is 24.3 Å². The van der Waals surface area contributed by atoms with Gasteiger partial charge in [0.1, 0.15) is 0 Å². The third-order valence-electron chi connectivity index (χ3n) is 4.46. The van der Waals surface area contributed by atoms with Gasteiger partial charge in [0.05, 0.1) is 33.8 Å². The number of halogens is 1. The molecule has 0 bridgehead atoms. The van der Waals surface area contributed by atoms with Crippen molar-refractivity contribution in [2.24, 2.45) is 0 Å². The van der Waals surface area contributed by atoms with E-state index in [-0.39, 0.29) is 17.9 Å². The predicted octanol–water partition coefficient (Wildman–Crippen LogP) is 3.87. The van der Waals surface area contributed by atoms with Gasteiger partial charge in [-0.05, 0) is 37.8 Å². The molecule has 1 saturated heterocycles. The van der Waals surface area contributed by atoms with E-state index in [1.54, 1.807) is 4.68 Å². The van der Waals surface area contributed by atoms with Gasteiger partial charge in [0.25, 0.3) is 5.91 Å². The van der Waals surface area contributed by atoms with E-state index in [9.17, 15) is 4.79 Å². The molecule has 3 rings (SSSR count). The summed E-state index contributed by atoms with van der Waals surface area (Å²) in [5.74, 6) is 0.0240. The van der Waals surface area contributed by atoms with E-state index in [1.165, 1.54) is 0 Å². The van der Waals surface area contributed by atoms with Crippen molar-refractivity contribution < 1.29 is 9.53 Å². The summed E-state index contributed by atoms with van der Waals surface area (Å²) in [4.78, 5) is 12.8. The van der Waals surface area contributed by atoms with Crippen LogP contribution in [0.25, 0.3) is 5.69 Å². The minimum absolute atomic E-state index is 0.102. The van der Waals surface area contributed by atoms with Crippen molar-refractivity contribution in [1.29, 1.82) is 0 Å². The van der Waals surface area contributed by atoms with Crippen LogP contribution >= 0.6 is 11.6 Å². The molecule has 134 valence electrons. The summed E-state index contributed by atoms with van der Waals surface area (Å²) >= 11 is 6.35. The Bertz CT molecular complexity index is 764. The molecule has 5 nitrogen and oxygen atoms in total. The number of ether oxygens (including phenoxy) is 1. The van der Waals surface area contributed by atoms with Gasteiger partial charge in [-0.25, -0.2) is 4.68 Å². The molecule has 1 aromatic carbocycles. The quantitative estimate of drug-likeness (QED) is 0.879. The van der Waals surface area contributed by atoms with Gasteiger partial charge in [-0.2, -0.15) is 5.10 Å². The van der Waals surface area contributed by atoms with Crippen LogP contribution in [0.4, 0.5) is 0 Å². The molecule has 0 unspecified atom stereocenters. The van der Waals surface area contributed by atoms with Gasteiger partial charge in [-0.3, -0.25) is 4.79 Å². The Kier molecular flexibility index (Phi) is 5.45. The molecule has 2 heterocycles. The van der Waals surface area contributed by atoms with Gasteiger partial charge in [-0.15, -0.1) is 0 Å². The minimum Gasteiger partial charge on any atom is -0.376 e. The van der Waals surface area contributed by atoms with E-state index in [0.717, 1.165) is 30.8 Å². The molecule has 1 N–H and O–H groups in total. The lowest BCUT2D eigenvalue weighted by Crippen LogP contribution is -2.32. The summed E-state index contributed by atoms with van der Waals surface area (Å²) in [5, 5.41) is 8.22.